The van der Waals surface area contributed by atoms with E-state index < -0.39 is 59.8 Å². The molecule has 62 heavy (non-hydrogen) atoms. The van der Waals surface area contributed by atoms with Crippen LogP contribution in [0.25, 0.3) is 0 Å². The first-order valence-corrected chi connectivity index (χ1v) is 18.7. The van der Waals surface area contributed by atoms with E-state index in [0.717, 1.165) is 61.4 Å². The van der Waals surface area contributed by atoms with E-state index in [0.29, 0.717) is 12.6 Å². The quantitative estimate of drug-likeness (QED) is 0.133. The smallest absolute Gasteiger partial charge is 0.475 e. The number of benzene rings is 1. The van der Waals surface area contributed by atoms with Gasteiger partial charge in [0.25, 0.3) is 5.91 Å². The number of amides is 5. The SMILES string of the molecule is CC(C(N)=O)N1CCCC1.CC1(C)C(=O)N(c2ccc(OC(F)(F)F)c(NC(=O)CCNC3CCCC3)c2)C(=O)N1Cc1ccncc1.O=C(O)C(F)(F)F.O=C(O)C(F)(F)F. The van der Waals surface area contributed by atoms with E-state index in [1.807, 2.05) is 6.92 Å². The molecule has 346 valence electrons. The van der Waals surface area contributed by atoms with Gasteiger partial charge in [-0.05, 0) is 95.4 Å². The molecule has 1 saturated carbocycles. The predicted octanol–water partition coefficient (Wildman–Crippen LogP) is 5.81. The number of anilines is 2. The van der Waals surface area contributed by atoms with E-state index in [-0.39, 0.29) is 36.3 Å². The summed E-state index contributed by atoms with van der Waals surface area (Å²) in [4.78, 5) is 76.0. The Labute approximate surface area is 348 Å². The molecule has 25 heteroatoms. The molecule has 1 aliphatic carbocycles. The Balaban J connectivity index is 0.000000445. The van der Waals surface area contributed by atoms with Crippen molar-refractivity contribution in [2.75, 3.05) is 29.9 Å². The van der Waals surface area contributed by atoms with Crippen molar-refractivity contribution < 1.29 is 83.2 Å². The number of pyridine rings is 1. The van der Waals surface area contributed by atoms with Gasteiger partial charge in [-0.25, -0.2) is 19.3 Å². The van der Waals surface area contributed by atoms with Crippen molar-refractivity contribution in [3.8, 4) is 5.75 Å². The maximum Gasteiger partial charge on any atom is 0.573 e. The molecule has 1 aromatic carbocycles. The minimum Gasteiger partial charge on any atom is -0.475 e. The Morgan fingerprint density at radius 1 is 0.887 bits per heavy atom. The third kappa shape index (κ3) is 16.6. The number of hydrogen-bond donors (Lipinski definition) is 5. The number of imide groups is 1. The molecule has 2 aromatic rings. The molecule has 0 radical (unpaired) electrons. The van der Waals surface area contributed by atoms with Crippen LogP contribution in [0.2, 0.25) is 0 Å². The third-order valence-corrected chi connectivity index (χ3v) is 9.36. The molecule has 1 atom stereocenters. The van der Waals surface area contributed by atoms with Crippen LogP contribution in [0.1, 0.15) is 71.3 Å². The number of urea groups is 1. The average molecular weight is 904 g/mol. The zero-order chi connectivity index (χ0) is 47.2. The number of alkyl halides is 9. The number of primary amides is 1. The number of rotatable bonds is 11. The minimum absolute atomic E-state index is 0.0132. The molecule has 5 rings (SSSR count). The normalized spacial score (nSPS) is 17.2. The number of carboxylic acid groups (broad SMARTS) is 2. The van der Waals surface area contributed by atoms with Crippen molar-refractivity contribution in [2.45, 2.75) is 109 Å². The molecule has 2 aliphatic heterocycles. The van der Waals surface area contributed by atoms with Gasteiger partial charge >= 0.3 is 36.7 Å². The number of carboxylic acids is 2. The summed E-state index contributed by atoms with van der Waals surface area (Å²) >= 11 is 0. The van der Waals surface area contributed by atoms with Crippen LogP contribution in [0, 0.1) is 0 Å². The van der Waals surface area contributed by atoms with Crippen LogP contribution in [-0.2, 0) is 30.5 Å². The number of nitrogens with zero attached hydrogens (tertiary/aromatic N) is 4. The highest BCUT2D eigenvalue weighted by molar-refractivity contribution is 6.23. The number of ether oxygens (including phenoxy) is 1. The lowest BCUT2D eigenvalue weighted by molar-refractivity contribution is -0.274. The van der Waals surface area contributed by atoms with E-state index in [1.54, 1.807) is 38.4 Å². The van der Waals surface area contributed by atoms with Gasteiger partial charge in [-0.3, -0.25) is 24.3 Å². The second-order valence-corrected chi connectivity index (χ2v) is 14.3. The fraction of sp³-hybridized carbons (Fsp3) is 0.541. The second-order valence-electron chi connectivity index (χ2n) is 14.3. The maximum atomic E-state index is 13.4. The summed E-state index contributed by atoms with van der Waals surface area (Å²) in [6, 6.07) is 6.37. The Kier molecular flexibility index (Phi) is 18.9. The lowest BCUT2D eigenvalue weighted by atomic mass is 10.0. The van der Waals surface area contributed by atoms with Crippen LogP contribution in [0.15, 0.2) is 42.7 Å². The van der Waals surface area contributed by atoms with Crippen LogP contribution >= 0.6 is 0 Å². The molecular formula is C37H46F9N7O9. The molecule has 0 spiro atoms. The van der Waals surface area contributed by atoms with Crippen molar-refractivity contribution in [1.82, 2.24) is 20.1 Å². The summed E-state index contributed by atoms with van der Waals surface area (Å²) in [5, 5.41) is 20.0. The molecule has 1 aromatic heterocycles. The Morgan fingerprint density at radius 3 is 1.87 bits per heavy atom. The van der Waals surface area contributed by atoms with Gasteiger partial charge in [0.05, 0.1) is 17.4 Å². The predicted molar refractivity (Wildman–Crippen MR) is 200 cm³/mol. The molecular weight excluding hydrogens is 857 g/mol. The standard InChI is InChI=1S/C26H30F3N5O4.C7H14N2O.2C2HF3O2/c1-25(2)23(36)34(24(37)33(25)16-17-9-12-30-13-10-17)19-7-8-21(38-26(27,28)29)20(15-19)32-22(35)11-14-31-18-5-3-4-6-18;1-6(7(8)10)9-4-2-3-5-9;2*3-2(4,5)1(6)7/h7-10,12-13,15,18,31H,3-6,11,14,16H2,1-2H3,(H,32,35);6H,2-5H2,1H3,(H2,8,10);2*(H,6,7). The number of nitrogens with two attached hydrogens (primary N) is 1. The van der Waals surface area contributed by atoms with Gasteiger partial charge in [-0.15, -0.1) is 13.2 Å². The molecule has 0 bridgehead atoms. The second kappa shape index (κ2) is 22.4. The van der Waals surface area contributed by atoms with Crippen LogP contribution in [0.5, 0.6) is 5.75 Å². The number of hydrogen-bond acceptors (Lipinski definition) is 10. The van der Waals surface area contributed by atoms with Crippen molar-refractivity contribution in [3.05, 3.63) is 48.3 Å². The monoisotopic (exact) mass is 903 g/mol. The summed E-state index contributed by atoms with van der Waals surface area (Å²) in [5.74, 6) is -7.45. The first-order valence-electron chi connectivity index (χ1n) is 18.7. The van der Waals surface area contributed by atoms with E-state index in [2.05, 4.69) is 25.3 Å². The van der Waals surface area contributed by atoms with E-state index in [1.165, 1.54) is 23.8 Å². The molecule has 1 unspecified atom stereocenters. The molecule has 3 aliphatic rings. The topological polar surface area (TPSA) is 225 Å². The van der Waals surface area contributed by atoms with Gasteiger partial charge in [-0.1, -0.05) is 12.8 Å². The highest BCUT2D eigenvalue weighted by atomic mass is 19.4. The summed E-state index contributed by atoms with van der Waals surface area (Å²) in [7, 11) is 0. The minimum atomic E-state index is -5.08. The fourth-order valence-electron chi connectivity index (χ4n) is 6.01. The van der Waals surface area contributed by atoms with Crippen LogP contribution in [0.3, 0.4) is 0 Å². The third-order valence-electron chi connectivity index (χ3n) is 9.36. The molecule has 2 saturated heterocycles. The number of aliphatic carboxylic acids is 2. The number of carbonyl (C=O) groups is 6. The van der Waals surface area contributed by atoms with E-state index >= 15 is 0 Å². The van der Waals surface area contributed by atoms with Crippen LogP contribution in [-0.4, -0.2) is 117 Å². The van der Waals surface area contributed by atoms with E-state index in [9.17, 15) is 58.7 Å². The lowest BCUT2D eigenvalue weighted by Gasteiger charge is -2.27. The van der Waals surface area contributed by atoms with Gasteiger partial charge < -0.3 is 36.2 Å². The van der Waals surface area contributed by atoms with Crippen molar-refractivity contribution in [1.29, 1.82) is 0 Å². The summed E-state index contributed by atoms with van der Waals surface area (Å²) in [6.45, 7) is 7.61. The number of carbonyl (C=O) groups excluding carboxylic acids is 4. The zero-order valence-corrected chi connectivity index (χ0v) is 33.5. The summed E-state index contributed by atoms with van der Waals surface area (Å²) in [6.07, 6.45) is -5.29. The van der Waals surface area contributed by atoms with Crippen molar-refractivity contribution in [2.24, 2.45) is 5.73 Å². The number of aromatic nitrogens is 1. The van der Waals surface area contributed by atoms with Gasteiger partial charge in [-0.2, -0.15) is 26.3 Å². The number of halogens is 9. The highest BCUT2D eigenvalue weighted by Crippen LogP contribution is 2.38. The first-order chi connectivity index (χ1) is 28.6. The van der Waals surface area contributed by atoms with Crippen LogP contribution in [0.4, 0.5) is 55.7 Å². The first kappa shape index (κ1) is 52.4. The fourth-order valence-corrected chi connectivity index (χ4v) is 6.01. The van der Waals surface area contributed by atoms with Crippen molar-refractivity contribution >= 4 is 47.1 Å². The van der Waals surface area contributed by atoms with E-state index in [4.69, 9.17) is 25.5 Å². The molecule has 3 fully saturated rings. The molecule has 16 nitrogen and oxygen atoms in total. The molecule has 3 heterocycles. The molecule has 5 amide bonds. The Bertz CT molecular complexity index is 1830. The maximum absolute atomic E-state index is 13.4. The number of likely N-dealkylation sites (tertiary alicyclic amines) is 1. The average Bonchev–Trinajstić information content (AvgIpc) is 3.92. The van der Waals surface area contributed by atoms with Gasteiger partial charge in [0.1, 0.15) is 5.54 Å². The van der Waals surface area contributed by atoms with Crippen molar-refractivity contribution in [3.63, 3.8) is 0 Å². The summed E-state index contributed by atoms with van der Waals surface area (Å²) in [5.41, 5.74) is 4.38. The zero-order valence-electron chi connectivity index (χ0n) is 33.5. The highest BCUT2D eigenvalue weighted by Gasteiger charge is 2.52. The summed E-state index contributed by atoms with van der Waals surface area (Å²) < 4.78 is 107. The Morgan fingerprint density at radius 2 is 1.40 bits per heavy atom. The molecule has 6 N–H and O–H groups in total. The van der Waals surface area contributed by atoms with Gasteiger partial charge in [0, 0.05) is 37.9 Å². The lowest BCUT2D eigenvalue weighted by Crippen LogP contribution is -2.43. The Hall–Kier alpha value is -5.72. The number of nitrogens with one attached hydrogen (secondary N) is 2. The van der Waals surface area contributed by atoms with Gasteiger partial charge in [0.15, 0.2) is 5.75 Å². The van der Waals surface area contributed by atoms with Crippen LogP contribution < -0.4 is 26.0 Å². The van der Waals surface area contributed by atoms with Gasteiger partial charge in [0.2, 0.25) is 11.8 Å². The largest absolute Gasteiger partial charge is 0.573 e.